The maximum atomic E-state index is 13.0. The fourth-order valence-electron chi connectivity index (χ4n) is 4.01. The van der Waals surface area contributed by atoms with Crippen LogP contribution >= 0.6 is 0 Å². The van der Waals surface area contributed by atoms with Gasteiger partial charge in [0.05, 0.1) is 18.4 Å². The number of nitrogens with zero attached hydrogens (tertiary/aromatic N) is 4. The molecule has 4 rings (SSSR count). The molecular weight excluding hydrogens is 407 g/mol. The van der Waals surface area contributed by atoms with Gasteiger partial charge in [0.15, 0.2) is 0 Å². The molecule has 1 atom stereocenters. The summed E-state index contributed by atoms with van der Waals surface area (Å²) in [5.41, 5.74) is 4.28. The summed E-state index contributed by atoms with van der Waals surface area (Å²) in [6, 6.07) is 11.7. The van der Waals surface area contributed by atoms with Crippen molar-refractivity contribution in [2.45, 2.75) is 32.6 Å². The van der Waals surface area contributed by atoms with E-state index in [0.29, 0.717) is 18.2 Å². The lowest BCUT2D eigenvalue weighted by Crippen LogP contribution is -2.40. The van der Waals surface area contributed by atoms with Crippen molar-refractivity contribution in [2.24, 2.45) is 0 Å². The number of aromatic nitrogens is 3. The molecular formula is C24H27FN6O. The maximum Gasteiger partial charge on any atom is 0.238 e. The zero-order valence-corrected chi connectivity index (χ0v) is 18.3. The number of nitrogens with one attached hydrogen (secondary N) is 2. The molecule has 1 aliphatic heterocycles. The van der Waals surface area contributed by atoms with E-state index in [1.165, 1.54) is 12.1 Å². The molecule has 166 valence electrons. The maximum absolute atomic E-state index is 13.0. The van der Waals surface area contributed by atoms with Crippen LogP contribution in [0.3, 0.4) is 0 Å². The first kappa shape index (κ1) is 21.8. The van der Waals surface area contributed by atoms with Gasteiger partial charge in [-0.05, 0) is 75.7 Å². The number of aryl methyl sites for hydroxylation is 2. The number of hydrogen-bond acceptors (Lipinski definition) is 6. The molecule has 0 spiro atoms. The van der Waals surface area contributed by atoms with Crippen molar-refractivity contribution in [1.82, 2.24) is 19.9 Å². The Morgan fingerprint density at radius 2 is 1.81 bits per heavy atom. The monoisotopic (exact) mass is 434 g/mol. The second-order valence-corrected chi connectivity index (χ2v) is 8.20. The number of halogens is 1. The van der Waals surface area contributed by atoms with Gasteiger partial charge in [-0.25, -0.2) is 14.4 Å². The van der Waals surface area contributed by atoms with Gasteiger partial charge >= 0.3 is 0 Å². The summed E-state index contributed by atoms with van der Waals surface area (Å²) in [7, 11) is 0. The number of hydrogen-bond donors (Lipinski definition) is 2. The van der Waals surface area contributed by atoms with Gasteiger partial charge in [0, 0.05) is 35.2 Å². The zero-order chi connectivity index (χ0) is 22.5. The third-order valence-corrected chi connectivity index (χ3v) is 5.44. The van der Waals surface area contributed by atoms with Gasteiger partial charge in [-0.15, -0.1) is 0 Å². The van der Waals surface area contributed by atoms with E-state index in [1.54, 1.807) is 18.3 Å². The molecule has 1 saturated heterocycles. The van der Waals surface area contributed by atoms with Gasteiger partial charge < -0.3 is 10.6 Å². The number of amides is 1. The summed E-state index contributed by atoms with van der Waals surface area (Å²) in [6.07, 6.45) is 3.85. The summed E-state index contributed by atoms with van der Waals surface area (Å²) >= 11 is 0. The fourth-order valence-corrected chi connectivity index (χ4v) is 4.01. The van der Waals surface area contributed by atoms with Crippen molar-refractivity contribution in [2.75, 3.05) is 30.3 Å². The summed E-state index contributed by atoms with van der Waals surface area (Å²) < 4.78 is 13.0. The molecule has 0 bridgehead atoms. The molecule has 1 fully saturated rings. The summed E-state index contributed by atoms with van der Waals surface area (Å²) in [4.78, 5) is 28.0. The Balaban J connectivity index is 1.33. The number of pyridine rings is 1. The molecule has 32 heavy (non-hydrogen) atoms. The first-order chi connectivity index (χ1) is 15.4. The Labute approximate surface area is 187 Å². The molecule has 1 aliphatic rings. The van der Waals surface area contributed by atoms with Gasteiger partial charge in [-0.1, -0.05) is 0 Å². The highest BCUT2D eigenvalue weighted by Gasteiger charge is 2.23. The van der Waals surface area contributed by atoms with Crippen molar-refractivity contribution >= 4 is 23.2 Å². The molecule has 2 N–H and O–H groups in total. The number of piperidine rings is 1. The van der Waals surface area contributed by atoms with Crippen LogP contribution in [0.5, 0.6) is 0 Å². The average Bonchev–Trinajstić information content (AvgIpc) is 2.75. The minimum absolute atomic E-state index is 0.0989. The lowest BCUT2D eigenvalue weighted by molar-refractivity contribution is -0.117. The van der Waals surface area contributed by atoms with Crippen LogP contribution < -0.4 is 10.6 Å². The van der Waals surface area contributed by atoms with Crippen LogP contribution in [0.1, 0.15) is 35.8 Å². The smallest absolute Gasteiger partial charge is 0.238 e. The van der Waals surface area contributed by atoms with Gasteiger partial charge in [0.2, 0.25) is 11.9 Å². The summed E-state index contributed by atoms with van der Waals surface area (Å²) in [5, 5.41) is 6.03. The number of anilines is 3. The summed E-state index contributed by atoms with van der Waals surface area (Å²) in [5.74, 6) is 0.414. The fraction of sp³-hybridized carbons (Fsp3) is 0.333. The minimum Gasteiger partial charge on any atom is -0.325 e. The SMILES string of the molecule is Cc1cc(C)nc(Nc2ccc([C@@H]3CCCN(CC(=O)Nc4ccc(F)cc4)C3)nc2)n1. The van der Waals surface area contributed by atoms with Crippen LogP contribution in [0.2, 0.25) is 0 Å². The second-order valence-electron chi connectivity index (χ2n) is 8.20. The molecule has 3 heterocycles. The topological polar surface area (TPSA) is 83.0 Å². The Morgan fingerprint density at radius 3 is 2.50 bits per heavy atom. The molecule has 0 radical (unpaired) electrons. The van der Waals surface area contributed by atoms with Crippen molar-refractivity contribution < 1.29 is 9.18 Å². The number of likely N-dealkylation sites (tertiary alicyclic amines) is 1. The second kappa shape index (κ2) is 9.82. The van der Waals surface area contributed by atoms with Gasteiger partial charge in [-0.2, -0.15) is 0 Å². The van der Waals surface area contributed by atoms with E-state index in [0.717, 1.165) is 48.7 Å². The van der Waals surface area contributed by atoms with Crippen LogP contribution in [0.25, 0.3) is 0 Å². The highest BCUT2D eigenvalue weighted by molar-refractivity contribution is 5.92. The van der Waals surface area contributed by atoms with Crippen molar-refractivity contribution in [3.05, 3.63) is 71.6 Å². The molecule has 3 aromatic rings. The highest BCUT2D eigenvalue weighted by atomic mass is 19.1. The first-order valence-electron chi connectivity index (χ1n) is 10.8. The van der Waals surface area contributed by atoms with E-state index >= 15 is 0 Å². The Bertz CT molecular complexity index is 1050. The number of carbonyl (C=O) groups is 1. The predicted molar refractivity (Wildman–Crippen MR) is 122 cm³/mol. The molecule has 0 aliphatic carbocycles. The van der Waals surface area contributed by atoms with Crippen LogP contribution in [0, 0.1) is 19.7 Å². The van der Waals surface area contributed by atoms with E-state index in [-0.39, 0.29) is 17.6 Å². The standard InChI is InChI=1S/C24H27FN6O/c1-16-12-17(2)28-24(27-16)30-21-9-10-22(26-13-21)18-4-3-11-31(14-18)15-23(32)29-20-7-5-19(25)6-8-20/h5-10,12-13,18H,3-4,11,14-15H2,1-2H3,(H,29,32)(H,27,28,30)/t18-/m1/s1. The first-order valence-corrected chi connectivity index (χ1v) is 10.8. The highest BCUT2D eigenvalue weighted by Crippen LogP contribution is 2.26. The number of rotatable bonds is 6. The van der Waals surface area contributed by atoms with Crippen molar-refractivity contribution in [3.63, 3.8) is 0 Å². The van der Waals surface area contributed by atoms with E-state index in [2.05, 4.69) is 30.5 Å². The molecule has 0 unspecified atom stereocenters. The Hall–Kier alpha value is -3.39. The molecule has 1 amide bonds. The zero-order valence-electron chi connectivity index (χ0n) is 18.3. The number of benzene rings is 1. The molecule has 2 aromatic heterocycles. The van der Waals surface area contributed by atoms with Gasteiger partial charge in [-0.3, -0.25) is 14.7 Å². The minimum atomic E-state index is -0.322. The van der Waals surface area contributed by atoms with E-state index in [1.807, 2.05) is 32.0 Å². The third kappa shape index (κ3) is 5.85. The molecule has 7 nitrogen and oxygen atoms in total. The van der Waals surface area contributed by atoms with Crippen LogP contribution in [0.4, 0.5) is 21.7 Å². The van der Waals surface area contributed by atoms with Crippen molar-refractivity contribution in [3.8, 4) is 0 Å². The van der Waals surface area contributed by atoms with Gasteiger partial charge in [0.1, 0.15) is 5.82 Å². The molecule has 1 aromatic carbocycles. The summed E-state index contributed by atoms with van der Waals surface area (Å²) in [6.45, 7) is 5.83. The van der Waals surface area contributed by atoms with Crippen LogP contribution in [-0.4, -0.2) is 45.4 Å². The van der Waals surface area contributed by atoms with E-state index in [9.17, 15) is 9.18 Å². The van der Waals surface area contributed by atoms with Crippen LogP contribution in [0.15, 0.2) is 48.7 Å². The van der Waals surface area contributed by atoms with Crippen molar-refractivity contribution in [1.29, 1.82) is 0 Å². The van der Waals surface area contributed by atoms with E-state index in [4.69, 9.17) is 0 Å². The Kier molecular flexibility index (Phi) is 6.70. The average molecular weight is 435 g/mol. The lowest BCUT2D eigenvalue weighted by Gasteiger charge is -2.32. The normalized spacial score (nSPS) is 16.5. The lowest BCUT2D eigenvalue weighted by atomic mass is 9.94. The molecule has 0 saturated carbocycles. The number of carbonyl (C=O) groups excluding carboxylic acids is 1. The van der Waals surface area contributed by atoms with Crippen LogP contribution in [-0.2, 0) is 4.79 Å². The Morgan fingerprint density at radius 1 is 1.09 bits per heavy atom. The quantitative estimate of drug-likeness (QED) is 0.605. The van der Waals surface area contributed by atoms with E-state index < -0.39 is 0 Å². The van der Waals surface area contributed by atoms with Gasteiger partial charge in [0.25, 0.3) is 0 Å². The largest absolute Gasteiger partial charge is 0.325 e. The third-order valence-electron chi connectivity index (χ3n) is 5.44. The predicted octanol–water partition coefficient (Wildman–Crippen LogP) is 4.19. The molecule has 8 heteroatoms.